The van der Waals surface area contributed by atoms with E-state index in [1.807, 2.05) is 48.7 Å². The van der Waals surface area contributed by atoms with Crippen LogP contribution in [-0.4, -0.2) is 20.6 Å². The van der Waals surface area contributed by atoms with Crippen molar-refractivity contribution >= 4 is 63.8 Å². The summed E-state index contributed by atoms with van der Waals surface area (Å²) in [4.78, 5) is 27.0. The SMILES string of the molecule is Cc1cc(/C=C2\SC(=O)N(Cc3c(Cl)cccc3Cl)C2=O)c(C)n1-c1ccccc1Cl. The molecule has 4 nitrogen and oxygen atoms in total. The van der Waals surface area contributed by atoms with Crippen LogP contribution in [0.3, 0.4) is 0 Å². The molecule has 0 aliphatic carbocycles. The molecule has 8 heteroatoms. The summed E-state index contributed by atoms with van der Waals surface area (Å²) in [7, 11) is 0. The van der Waals surface area contributed by atoms with Crippen LogP contribution in [0.2, 0.25) is 15.1 Å². The number of amides is 2. The van der Waals surface area contributed by atoms with Gasteiger partial charge in [-0.3, -0.25) is 14.5 Å². The largest absolute Gasteiger partial charge is 0.316 e. The van der Waals surface area contributed by atoms with Crippen LogP contribution in [0.5, 0.6) is 0 Å². The average molecular weight is 492 g/mol. The summed E-state index contributed by atoms with van der Waals surface area (Å²) in [6, 6.07) is 14.6. The van der Waals surface area contributed by atoms with Gasteiger partial charge in [-0.1, -0.05) is 53.0 Å². The van der Waals surface area contributed by atoms with E-state index in [9.17, 15) is 9.59 Å². The Labute approximate surface area is 199 Å². The Morgan fingerprint density at radius 2 is 1.58 bits per heavy atom. The lowest BCUT2D eigenvalue weighted by atomic mass is 10.2. The van der Waals surface area contributed by atoms with Gasteiger partial charge in [0.05, 0.1) is 22.2 Å². The summed E-state index contributed by atoms with van der Waals surface area (Å²) in [6.07, 6.45) is 1.74. The quantitative estimate of drug-likeness (QED) is 0.360. The zero-order valence-electron chi connectivity index (χ0n) is 16.7. The van der Waals surface area contributed by atoms with Gasteiger partial charge in [0.2, 0.25) is 0 Å². The second-order valence-corrected chi connectivity index (χ2v) is 9.30. The number of rotatable bonds is 4. The first-order valence-corrected chi connectivity index (χ1v) is 11.3. The van der Waals surface area contributed by atoms with E-state index in [1.54, 1.807) is 24.3 Å². The normalized spacial score (nSPS) is 15.4. The second kappa shape index (κ2) is 8.75. The van der Waals surface area contributed by atoms with Crippen LogP contribution in [0.1, 0.15) is 22.5 Å². The fraction of sp³-hybridized carbons (Fsp3) is 0.130. The smallest absolute Gasteiger partial charge is 0.293 e. The molecular weight excluding hydrogens is 475 g/mol. The summed E-state index contributed by atoms with van der Waals surface area (Å²) in [5.74, 6) is -0.367. The monoisotopic (exact) mass is 490 g/mol. The highest BCUT2D eigenvalue weighted by Gasteiger charge is 2.36. The van der Waals surface area contributed by atoms with Crippen molar-refractivity contribution in [3.63, 3.8) is 0 Å². The zero-order chi connectivity index (χ0) is 22.3. The predicted molar refractivity (Wildman–Crippen MR) is 128 cm³/mol. The van der Waals surface area contributed by atoms with Gasteiger partial charge in [0.15, 0.2) is 0 Å². The summed E-state index contributed by atoms with van der Waals surface area (Å²) >= 11 is 19.7. The maximum absolute atomic E-state index is 13.0. The van der Waals surface area contributed by atoms with Crippen molar-refractivity contribution in [3.05, 3.63) is 91.0 Å². The van der Waals surface area contributed by atoms with Crippen molar-refractivity contribution in [1.29, 1.82) is 0 Å². The number of hydrogen-bond acceptors (Lipinski definition) is 3. The maximum atomic E-state index is 13.0. The van der Waals surface area contributed by atoms with Crippen molar-refractivity contribution in [3.8, 4) is 5.69 Å². The minimum absolute atomic E-state index is 0.0269. The van der Waals surface area contributed by atoms with Crippen molar-refractivity contribution in [2.24, 2.45) is 0 Å². The molecule has 1 fully saturated rings. The Morgan fingerprint density at radius 3 is 2.26 bits per heavy atom. The van der Waals surface area contributed by atoms with E-state index in [2.05, 4.69) is 0 Å². The summed E-state index contributed by atoms with van der Waals surface area (Å²) < 4.78 is 2.03. The number of imide groups is 1. The van der Waals surface area contributed by atoms with E-state index >= 15 is 0 Å². The minimum atomic E-state index is -0.367. The standard InChI is InChI=1S/C23H17Cl3N2O2S/c1-13-10-15(14(2)28(13)20-9-4-3-6-19(20)26)11-21-22(29)27(23(30)31-21)12-16-17(24)7-5-8-18(16)25/h3-11H,12H2,1-2H3/b21-11-. The average Bonchev–Trinajstić information content (AvgIpc) is 3.14. The molecule has 3 aromatic rings. The molecule has 0 saturated carbocycles. The molecule has 1 aliphatic rings. The summed E-state index contributed by atoms with van der Waals surface area (Å²) in [5, 5.41) is 1.11. The third kappa shape index (κ3) is 4.15. The molecule has 4 rings (SSSR count). The highest BCUT2D eigenvalue weighted by Crippen LogP contribution is 2.37. The van der Waals surface area contributed by atoms with Crippen molar-refractivity contribution in [2.45, 2.75) is 20.4 Å². The van der Waals surface area contributed by atoms with Gasteiger partial charge in [-0.05, 0) is 67.6 Å². The highest BCUT2D eigenvalue weighted by atomic mass is 35.5. The molecule has 0 bridgehead atoms. The summed E-state index contributed by atoms with van der Waals surface area (Å²) in [6.45, 7) is 3.95. The van der Waals surface area contributed by atoms with Crippen LogP contribution >= 0.6 is 46.6 Å². The third-order valence-electron chi connectivity index (χ3n) is 5.10. The van der Waals surface area contributed by atoms with Gasteiger partial charge >= 0.3 is 0 Å². The molecule has 0 spiro atoms. The number of para-hydroxylation sites is 1. The fourth-order valence-electron chi connectivity index (χ4n) is 3.56. The van der Waals surface area contributed by atoms with Gasteiger partial charge < -0.3 is 4.57 Å². The van der Waals surface area contributed by atoms with E-state index in [4.69, 9.17) is 34.8 Å². The van der Waals surface area contributed by atoms with E-state index in [0.29, 0.717) is 25.5 Å². The number of aromatic nitrogens is 1. The van der Waals surface area contributed by atoms with E-state index < -0.39 is 0 Å². The number of thioether (sulfide) groups is 1. The van der Waals surface area contributed by atoms with Crippen LogP contribution in [0.4, 0.5) is 4.79 Å². The molecule has 31 heavy (non-hydrogen) atoms. The topological polar surface area (TPSA) is 42.3 Å². The number of halogens is 3. The van der Waals surface area contributed by atoms with E-state index in [-0.39, 0.29) is 17.7 Å². The number of carbonyl (C=O) groups excluding carboxylic acids is 2. The van der Waals surface area contributed by atoms with Gasteiger partial charge in [0, 0.05) is 27.0 Å². The van der Waals surface area contributed by atoms with Gasteiger partial charge in [-0.15, -0.1) is 0 Å². The number of hydrogen-bond donors (Lipinski definition) is 0. The maximum Gasteiger partial charge on any atom is 0.293 e. The van der Waals surface area contributed by atoms with E-state index in [0.717, 1.165) is 39.3 Å². The minimum Gasteiger partial charge on any atom is -0.316 e. The molecule has 2 aromatic carbocycles. The number of carbonyl (C=O) groups is 2. The Kier molecular flexibility index (Phi) is 6.22. The predicted octanol–water partition coefficient (Wildman–Crippen LogP) is 7.29. The third-order valence-corrected chi connectivity index (χ3v) is 7.04. The molecule has 0 unspecified atom stereocenters. The Hall–Kier alpha value is -2.18. The molecule has 1 saturated heterocycles. The lowest BCUT2D eigenvalue weighted by Gasteiger charge is -2.14. The van der Waals surface area contributed by atoms with Gasteiger partial charge in [-0.25, -0.2) is 0 Å². The van der Waals surface area contributed by atoms with Crippen LogP contribution in [0.25, 0.3) is 11.8 Å². The van der Waals surface area contributed by atoms with Crippen LogP contribution in [0, 0.1) is 13.8 Å². The molecule has 1 aliphatic heterocycles. The Balaban J connectivity index is 1.66. The van der Waals surface area contributed by atoms with Gasteiger partial charge in [-0.2, -0.15) is 0 Å². The molecule has 0 atom stereocenters. The van der Waals surface area contributed by atoms with Gasteiger partial charge in [0.25, 0.3) is 11.1 Å². The highest BCUT2D eigenvalue weighted by molar-refractivity contribution is 8.18. The lowest BCUT2D eigenvalue weighted by Crippen LogP contribution is -2.27. The molecular formula is C23H17Cl3N2O2S. The van der Waals surface area contributed by atoms with Gasteiger partial charge in [0.1, 0.15) is 0 Å². The van der Waals surface area contributed by atoms with Crippen LogP contribution in [0.15, 0.2) is 53.4 Å². The van der Waals surface area contributed by atoms with Crippen molar-refractivity contribution < 1.29 is 9.59 Å². The first kappa shape index (κ1) is 22.0. The summed E-state index contributed by atoms with van der Waals surface area (Å²) in [5.41, 5.74) is 4.15. The lowest BCUT2D eigenvalue weighted by molar-refractivity contribution is -0.123. The molecule has 0 radical (unpaired) electrons. The molecule has 2 amide bonds. The first-order chi connectivity index (χ1) is 14.8. The molecule has 2 heterocycles. The van der Waals surface area contributed by atoms with E-state index in [1.165, 1.54) is 0 Å². The Morgan fingerprint density at radius 1 is 0.935 bits per heavy atom. The van der Waals surface area contributed by atoms with Crippen LogP contribution < -0.4 is 0 Å². The molecule has 0 N–H and O–H groups in total. The Bertz CT molecular complexity index is 1230. The van der Waals surface area contributed by atoms with Crippen molar-refractivity contribution in [1.82, 2.24) is 9.47 Å². The van der Waals surface area contributed by atoms with Crippen molar-refractivity contribution in [2.75, 3.05) is 0 Å². The zero-order valence-corrected chi connectivity index (χ0v) is 19.7. The number of nitrogens with zero attached hydrogens (tertiary/aromatic N) is 2. The number of benzene rings is 2. The first-order valence-electron chi connectivity index (χ1n) is 9.40. The number of aryl methyl sites for hydroxylation is 1. The fourth-order valence-corrected chi connectivity index (χ4v) is 5.12. The molecule has 1 aromatic heterocycles. The second-order valence-electron chi connectivity index (χ2n) is 7.08. The van der Waals surface area contributed by atoms with Crippen LogP contribution in [-0.2, 0) is 11.3 Å². The molecule has 158 valence electrons.